The zero-order chi connectivity index (χ0) is 14.7. The topological polar surface area (TPSA) is 68.0 Å². The van der Waals surface area contributed by atoms with Gasteiger partial charge in [-0.2, -0.15) is 0 Å². The van der Waals surface area contributed by atoms with E-state index in [0.29, 0.717) is 18.1 Å². The van der Waals surface area contributed by atoms with Gasteiger partial charge in [-0.1, -0.05) is 6.07 Å². The molecule has 1 heterocycles. The molecule has 1 aromatic carbocycles. The van der Waals surface area contributed by atoms with Gasteiger partial charge in [0.25, 0.3) is 0 Å². The first-order chi connectivity index (χ1) is 9.51. The Hall–Kier alpha value is -1.43. The van der Waals surface area contributed by atoms with E-state index in [0.717, 1.165) is 11.3 Å². The fourth-order valence-corrected chi connectivity index (χ4v) is 2.73. The Bertz CT molecular complexity index is 640. The van der Waals surface area contributed by atoms with Crippen LogP contribution >= 0.6 is 23.7 Å². The van der Waals surface area contributed by atoms with Crippen LogP contribution in [0.3, 0.4) is 0 Å². The second-order valence-corrected chi connectivity index (χ2v) is 5.73. The van der Waals surface area contributed by atoms with Crippen LogP contribution in [0.15, 0.2) is 17.5 Å². The highest BCUT2D eigenvalue weighted by molar-refractivity contribution is 7.14. The van der Waals surface area contributed by atoms with Crippen molar-refractivity contribution in [2.45, 2.75) is 27.2 Å². The number of hydrogen-bond acceptors (Lipinski definition) is 4. The molecule has 6 heteroatoms. The number of nitrogens with zero attached hydrogens (tertiary/aromatic N) is 1. The molecule has 0 aliphatic heterocycles. The molecule has 0 fully saturated rings. The molecule has 2 rings (SSSR count). The lowest BCUT2D eigenvalue weighted by Crippen LogP contribution is -2.15. The summed E-state index contributed by atoms with van der Waals surface area (Å²) in [7, 11) is 0. The Kier molecular flexibility index (Phi) is 6.33. The number of halogens is 1. The maximum Gasteiger partial charge on any atom is 0.227 e. The quantitative estimate of drug-likeness (QED) is 0.904. The van der Waals surface area contributed by atoms with E-state index < -0.39 is 0 Å². The Morgan fingerprint density at radius 2 is 1.90 bits per heavy atom. The number of benzene rings is 1. The number of hydrogen-bond donors (Lipinski definition) is 2. The van der Waals surface area contributed by atoms with Gasteiger partial charge in [-0.15, -0.1) is 23.7 Å². The van der Waals surface area contributed by atoms with E-state index >= 15 is 0 Å². The third-order valence-corrected chi connectivity index (χ3v) is 4.00. The van der Waals surface area contributed by atoms with Crippen LogP contribution in [-0.4, -0.2) is 17.4 Å². The zero-order valence-electron chi connectivity index (χ0n) is 12.4. The van der Waals surface area contributed by atoms with Crippen molar-refractivity contribution < 1.29 is 4.79 Å². The van der Waals surface area contributed by atoms with Crippen molar-refractivity contribution in [2.24, 2.45) is 5.73 Å². The molecule has 0 atom stereocenters. The molecule has 0 radical (unpaired) electrons. The number of anilines is 1. The average molecular weight is 326 g/mol. The molecular weight excluding hydrogens is 306 g/mol. The van der Waals surface area contributed by atoms with Crippen LogP contribution in [0.4, 0.5) is 5.13 Å². The Labute approximate surface area is 135 Å². The van der Waals surface area contributed by atoms with Crippen LogP contribution in [0.2, 0.25) is 0 Å². The summed E-state index contributed by atoms with van der Waals surface area (Å²) >= 11 is 1.43. The minimum Gasteiger partial charge on any atom is -0.330 e. The number of thiazole rings is 1. The molecule has 114 valence electrons. The molecule has 4 nitrogen and oxygen atoms in total. The molecule has 0 saturated heterocycles. The van der Waals surface area contributed by atoms with Crippen LogP contribution in [0.1, 0.15) is 23.1 Å². The molecule has 3 N–H and O–H groups in total. The van der Waals surface area contributed by atoms with E-state index in [1.54, 1.807) is 0 Å². The average Bonchev–Trinajstić information content (AvgIpc) is 2.82. The SMILES string of the molecule is Cc1cc(C)c(-c2csc(NC(=O)CCN)n2)cc1C.Cl. The van der Waals surface area contributed by atoms with Gasteiger partial charge in [0.2, 0.25) is 5.91 Å². The molecule has 1 aromatic heterocycles. The van der Waals surface area contributed by atoms with Crippen molar-refractivity contribution in [1.29, 1.82) is 0 Å². The van der Waals surface area contributed by atoms with Gasteiger partial charge in [-0.3, -0.25) is 4.79 Å². The van der Waals surface area contributed by atoms with E-state index in [9.17, 15) is 4.79 Å². The van der Waals surface area contributed by atoms with Gasteiger partial charge >= 0.3 is 0 Å². The van der Waals surface area contributed by atoms with Gasteiger partial charge in [0.15, 0.2) is 5.13 Å². The summed E-state index contributed by atoms with van der Waals surface area (Å²) < 4.78 is 0. The normalized spacial score (nSPS) is 10.1. The lowest BCUT2D eigenvalue weighted by molar-refractivity contribution is -0.116. The van der Waals surface area contributed by atoms with Crippen molar-refractivity contribution in [3.05, 3.63) is 34.2 Å². The Morgan fingerprint density at radius 1 is 1.24 bits per heavy atom. The molecule has 0 spiro atoms. The molecule has 21 heavy (non-hydrogen) atoms. The maximum atomic E-state index is 11.5. The lowest BCUT2D eigenvalue weighted by atomic mass is 9.99. The Balaban J connectivity index is 0.00000220. The summed E-state index contributed by atoms with van der Waals surface area (Å²) in [5.41, 5.74) is 11.1. The summed E-state index contributed by atoms with van der Waals surface area (Å²) in [5, 5.41) is 5.36. The first-order valence-corrected chi connectivity index (χ1v) is 7.43. The predicted molar refractivity (Wildman–Crippen MR) is 91.3 cm³/mol. The van der Waals surface area contributed by atoms with Crippen LogP contribution in [0, 0.1) is 20.8 Å². The molecule has 0 aliphatic carbocycles. The smallest absolute Gasteiger partial charge is 0.227 e. The summed E-state index contributed by atoms with van der Waals surface area (Å²) in [6.45, 7) is 6.62. The zero-order valence-corrected chi connectivity index (χ0v) is 14.0. The summed E-state index contributed by atoms with van der Waals surface area (Å²) in [4.78, 5) is 16.0. The largest absolute Gasteiger partial charge is 0.330 e. The molecule has 0 saturated carbocycles. The second kappa shape index (κ2) is 7.54. The standard InChI is InChI=1S/C15H19N3OS.ClH/c1-9-6-11(3)12(7-10(9)2)13-8-20-15(17-13)18-14(19)4-5-16;/h6-8H,4-5,16H2,1-3H3,(H,17,18,19);1H. The fourth-order valence-electron chi connectivity index (χ4n) is 2.00. The predicted octanol–water partition coefficient (Wildman–Crippen LogP) is 3.44. The number of carbonyl (C=O) groups is 1. The van der Waals surface area contributed by atoms with Gasteiger partial charge < -0.3 is 11.1 Å². The van der Waals surface area contributed by atoms with Crippen molar-refractivity contribution in [3.63, 3.8) is 0 Å². The molecule has 0 bridgehead atoms. The van der Waals surface area contributed by atoms with Crippen molar-refractivity contribution in [1.82, 2.24) is 4.98 Å². The van der Waals surface area contributed by atoms with Crippen molar-refractivity contribution >= 4 is 34.8 Å². The van der Waals surface area contributed by atoms with Gasteiger partial charge in [0.05, 0.1) is 5.69 Å². The van der Waals surface area contributed by atoms with Gasteiger partial charge in [0, 0.05) is 23.9 Å². The molecule has 0 aliphatic rings. The molecule has 2 aromatic rings. The number of carbonyl (C=O) groups excluding carboxylic acids is 1. The summed E-state index contributed by atoms with van der Waals surface area (Å²) in [6.07, 6.45) is 0.317. The Morgan fingerprint density at radius 3 is 2.57 bits per heavy atom. The second-order valence-electron chi connectivity index (χ2n) is 4.88. The third kappa shape index (κ3) is 4.27. The number of amides is 1. The first kappa shape index (κ1) is 17.6. The molecular formula is C15H20ClN3OS. The monoisotopic (exact) mass is 325 g/mol. The number of nitrogens with two attached hydrogens (primary N) is 1. The fraction of sp³-hybridized carbons (Fsp3) is 0.333. The van der Waals surface area contributed by atoms with Crippen molar-refractivity contribution in [2.75, 3.05) is 11.9 Å². The van der Waals surface area contributed by atoms with Crippen LogP contribution < -0.4 is 11.1 Å². The number of aromatic nitrogens is 1. The number of rotatable bonds is 4. The van der Waals surface area contributed by atoms with E-state index in [4.69, 9.17) is 5.73 Å². The van der Waals surface area contributed by atoms with E-state index in [-0.39, 0.29) is 18.3 Å². The molecule has 1 amide bonds. The highest BCUT2D eigenvalue weighted by atomic mass is 35.5. The van der Waals surface area contributed by atoms with Gasteiger partial charge in [-0.05, 0) is 43.5 Å². The van der Waals surface area contributed by atoms with Crippen LogP contribution in [0.25, 0.3) is 11.3 Å². The number of nitrogens with one attached hydrogen (secondary N) is 1. The first-order valence-electron chi connectivity index (χ1n) is 6.55. The van der Waals surface area contributed by atoms with E-state index in [2.05, 4.69) is 43.2 Å². The minimum atomic E-state index is -0.0924. The summed E-state index contributed by atoms with van der Waals surface area (Å²) in [5.74, 6) is -0.0924. The highest BCUT2D eigenvalue weighted by Gasteiger charge is 2.10. The highest BCUT2D eigenvalue weighted by Crippen LogP contribution is 2.29. The van der Waals surface area contributed by atoms with E-state index in [1.165, 1.54) is 28.0 Å². The molecule has 0 unspecified atom stereocenters. The minimum absolute atomic E-state index is 0. The lowest BCUT2D eigenvalue weighted by Gasteiger charge is -2.07. The van der Waals surface area contributed by atoms with E-state index in [1.807, 2.05) is 5.38 Å². The van der Waals surface area contributed by atoms with Gasteiger partial charge in [-0.25, -0.2) is 4.98 Å². The van der Waals surface area contributed by atoms with Crippen LogP contribution in [0.5, 0.6) is 0 Å². The van der Waals surface area contributed by atoms with Crippen LogP contribution in [-0.2, 0) is 4.79 Å². The van der Waals surface area contributed by atoms with Gasteiger partial charge in [0.1, 0.15) is 0 Å². The third-order valence-electron chi connectivity index (χ3n) is 3.24. The summed E-state index contributed by atoms with van der Waals surface area (Å²) in [6, 6.07) is 4.31. The maximum absolute atomic E-state index is 11.5. The number of aryl methyl sites for hydroxylation is 3. The van der Waals surface area contributed by atoms with Crippen molar-refractivity contribution in [3.8, 4) is 11.3 Å².